The second-order valence-electron chi connectivity index (χ2n) is 9.54. The molecule has 1 atom stereocenters. The fourth-order valence-electron chi connectivity index (χ4n) is 4.25. The topological polar surface area (TPSA) is 141 Å². The van der Waals surface area contributed by atoms with Crippen molar-refractivity contribution in [1.29, 1.82) is 0 Å². The maximum Gasteiger partial charge on any atom is 0.412 e. The number of ether oxygens (including phenoxy) is 2. The Hall–Kier alpha value is -3.38. The van der Waals surface area contributed by atoms with Gasteiger partial charge < -0.3 is 15.2 Å². The third kappa shape index (κ3) is 5.17. The van der Waals surface area contributed by atoms with Gasteiger partial charge in [0.1, 0.15) is 23.2 Å². The number of carbonyl (C=O) groups excluding carboxylic acids is 1. The summed E-state index contributed by atoms with van der Waals surface area (Å²) in [6.07, 6.45) is 2.68. The van der Waals surface area contributed by atoms with Gasteiger partial charge in [0.2, 0.25) is 10.0 Å². The zero-order valence-corrected chi connectivity index (χ0v) is 21.2. The van der Waals surface area contributed by atoms with Crippen LogP contribution >= 0.6 is 0 Å². The van der Waals surface area contributed by atoms with Gasteiger partial charge in [0.25, 0.3) is 0 Å². The summed E-state index contributed by atoms with van der Waals surface area (Å²) in [6, 6.07) is 7.31. The standard InChI is InChI=1S/C23H30N6O5S/c1-23(2,3)34-22(30)27-17-7-6-14(10-19(17)33-4)16-11-18(29-20(16)21(24)25-13-26-29)15-8-9-28(12-15)35(5,31)32/h6-7,10-11,13,15H,8-9,12H2,1-5H3,(H,27,30)(H2,24,25,26). The number of nitrogen functional groups attached to an aromatic ring is 1. The number of hydrogen-bond acceptors (Lipinski definition) is 8. The second-order valence-corrected chi connectivity index (χ2v) is 11.5. The number of methoxy groups -OCH3 is 1. The highest BCUT2D eigenvalue weighted by Gasteiger charge is 2.32. The molecule has 4 rings (SSSR count). The molecule has 1 saturated heterocycles. The Morgan fingerprint density at radius 1 is 1.26 bits per heavy atom. The maximum atomic E-state index is 12.2. The van der Waals surface area contributed by atoms with Crippen LogP contribution in [0.2, 0.25) is 0 Å². The second kappa shape index (κ2) is 9.00. The van der Waals surface area contributed by atoms with E-state index in [1.54, 1.807) is 37.4 Å². The summed E-state index contributed by atoms with van der Waals surface area (Å²) in [5.74, 6) is 0.693. The van der Waals surface area contributed by atoms with Gasteiger partial charge in [-0.15, -0.1) is 0 Å². The van der Waals surface area contributed by atoms with Crippen molar-refractivity contribution in [1.82, 2.24) is 18.9 Å². The summed E-state index contributed by atoms with van der Waals surface area (Å²) in [5, 5.41) is 7.12. The van der Waals surface area contributed by atoms with Crippen molar-refractivity contribution in [2.24, 2.45) is 0 Å². The van der Waals surface area contributed by atoms with E-state index in [1.807, 2.05) is 12.1 Å². The van der Waals surface area contributed by atoms with E-state index in [1.165, 1.54) is 24.0 Å². The molecule has 1 fully saturated rings. The third-order valence-corrected chi connectivity index (χ3v) is 7.07. The van der Waals surface area contributed by atoms with Crippen molar-refractivity contribution in [2.75, 3.05) is 37.5 Å². The molecule has 2 aromatic heterocycles. The average molecular weight is 503 g/mol. The van der Waals surface area contributed by atoms with Crippen LogP contribution in [0.4, 0.5) is 16.3 Å². The molecule has 3 aromatic rings. The number of nitrogens with one attached hydrogen (secondary N) is 1. The predicted octanol–water partition coefficient (Wildman–Crippen LogP) is 3.08. The van der Waals surface area contributed by atoms with Gasteiger partial charge in [-0.05, 0) is 51.0 Å². The van der Waals surface area contributed by atoms with Gasteiger partial charge in [-0.25, -0.2) is 27.0 Å². The maximum absolute atomic E-state index is 12.2. The van der Waals surface area contributed by atoms with E-state index >= 15 is 0 Å². The molecule has 1 aliphatic heterocycles. The highest BCUT2D eigenvalue weighted by molar-refractivity contribution is 7.88. The van der Waals surface area contributed by atoms with Crippen molar-refractivity contribution in [3.8, 4) is 16.9 Å². The van der Waals surface area contributed by atoms with Crippen LogP contribution in [0.25, 0.3) is 16.6 Å². The lowest BCUT2D eigenvalue weighted by molar-refractivity contribution is 0.0635. The Labute approximate surface area is 204 Å². The molecule has 188 valence electrons. The largest absolute Gasteiger partial charge is 0.495 e. The average Bonchev–Trinajstić information content (AvgIpc) is 3.38. The number of fused-ring (bicyclic) bond motifs is 1. The van der Waals surface area contributed by atoms with Crippen LogP contribution in [0.15, 0.2) is 30.6 Å². The van der Waals surface area contributed by atoms with Gasteiger partial charge in [-0.3, -0.25) is 5.32 Å². The van der Waals surface area contributed by atoms with Gasteiger partial charge in [-0.1, -0.05) is 6.07 Å². The summed E-state index contributed by atoms with van der Waals surface area (Å²) in [5.41, 5.74) is 9.09. The number of benzene rings is 1. The molecule has 11 nitrogen and oxygen atoms in total. The number of anilines is 2. The number of aromatic nitrogens is 3. The first kappa shape index (κ1) is 24.7. The zero-order valence-electron chi connectivity index (χ0n) is 20.4. The lowest BCUT2D eigenvalue weighted by atomic mass is 10.0. The summed E-state index contributed by atoms with van der Waals surface area (Å²) >= 11 is 0. The lowest BCUT2D eigenvalue weighted by Crippen LogP contribution is -2.27. The molecule has 12 heteroatoms. The zero-order chi connectivity index (χ0) is 25.5. The first-order chi connectivity index (χ1) is 16.4. The van der Waals surface area contributed by atoms with Crippen molar-refractivity contribution in [3.05, 3.63) is 36.3 Å². The number of nitrogens with zero attached hydrogens (tertiary/aromatic N) is 4. The summed E-state index contributed by atoms with van der Waals surface area (Å²) in [7, 11) is -1.77. The summed E-state index contributed by atoms with van der Waals surface area (Å²) in [6.45, 7) is 6.18. The molecule has 0 radical (unpaired) electrons. The smallest absolute Gasteiger partial charge is 0.412 e. The van der Waals surface area contributed by atoms with Crippen molar-refractivity contribution in [3.63, 3.8) is 0 Å². The van der Waals surface area contributed by atoms with E-state index in [2.05, 4.69) is 15.4 Å². The molecule has 1 unspecified atom stereocenters. The van der Waals surface area contributed by atoms with Gasteiger partial charge >= 0.3 is 6.09 Å². The van der Waals surface area contributed by atoms with Crippen LogP contribution < -0.4 is 15.8 Å². The molecular weight excluding hydrogens is 472 g/mol. The lowest BCUT2D eigenvalue weighted by Gasteiger charge is -2.20. The van der Waals surface area contributed by atoms with Crippen LogP contribution in [0.3, 0.4) is 0 Å². The number of hydrogen-bond donors (Lipinski definition) is 2. The Balaban J connectivity index is 1.73. The van der Waals surface area contributed by atoms with E-state index < -0.39 is 21.7 Å². The minimum absolute atomic E-state index is 0.0460. The molecule has 0 bridgehead atoms. The van der Waals surface area contributed by atoms with Crippen LogP contribution in [0.1, 0.15) is 38.8 Å². The first-order valence-corrected chi connectivity index (χ1v) is 13.0. The minimum atomic E-state index is -3.28. The fourth-order valence-corrected chi connectivity index (χ4v) is 5.14. The van der Waals surface area contributed by atoms with Crippen molar-refractivity contribution in [2.45, 2.75) is 38.7 Å². The Kier molecular flexibility index (Phi) is 6.36. The van der Waals surface area contributed by atoms with E-state index in [-0.39, 0.29) is 5.92 Å². The van der Waals surface area contributed by atoms with E-state index in [0.29, 0.717) is 42.3 Å². The SMILES string of the molecule is COc1cc(-c2cc(C3CCN(S(C)(=O)=O)C3)n3ncnc(N)c23)ccc1NC(=O)OC(C)(C)C. The van der Waals surface area contributed by atoms with Gasteiger partial charge in [0, 0.05) is 30.3 Å². The van der Waals surface area contributed by atoms with Gasteiger partial charge in [0.15, 0.2) is 5.82 Å². The normalized spacial score (nSPS) is 17.0. The van der Waals surface area contributed by atoms with E-state index in [9.17, 15) is 13.2 Å². The number of amides is 1. The summed E-state index contributed by atoms with van der Waals surface area (Å²) in [4.78, 5) is 16.4. The molecule has 3 heterocycles. The fraction of sp³-hybridized carbons (Fsp3) is 0.435. The Morgan fingerprint density at radius 2 is 2.00 bits per heavy atom. The molecule has 1 aromatic carbocycles. The number of nitrogens with two attached hydrogens (primary N) is 1. The number of sulfonamides is 1. The molecule has 0 spiro atoms. The van der Waals surface area contributed by atoms with Crippen LogP contribution in [0, 0.1) is 0 Å². The number of rotatable bonds is 5. The molecule has 0 saturated carbocycles. The molecule has 0 aliphatic carbocycles. The van der Waals surface area contributed by atoms with Crippen molar-refractivity contribution >= 4 is 33.1 Å². The molecule has 35 heavy (non-hydrogen) atoms. The van der Waals surface area contributed by atoms with Crippen LogP contribution in [-0.4, -0.2) is 65.5 Å². The molecule has 3 N–H and O–H groups in total. The molecular formula is C23H30N6O5S. The van der Waals surface area contributed by atoms with Crippen molar-refractivity contribution < 1.29 is 22.7 Å². The van der Waals surface area contributed by atoms with Gasteiger partial charge in [-0.2, -0.15) is 5.10 Å². The van der Waals surface area contributed by atoms with Crippen LogP contribution in [-0.2, 0) is 14.8 Å². The highest BCUT2D eigenvalue weighted by Crippen LogP contribution is 2.39. The highest BCUT2D eigenvalue weighted by atomic mass is 32.2. The Bertz CT molecular complexity index is 1380. The molecule has 1 amide bonds. The first-order valence-electron chi connectivity index (χ1n) is 11.1. The molecule has 1 aliphatic rings. The predicted molar refractivity (Wildman–Crippen MR) is 133 cm³/mol. The van der Waals surface area contributed by atoms with Crippen LogP contribution in [0.5, 0.6) is 5.75 Å². The van der Waals surface area contributed by atoms with E-state index in [4.69, 9.17) is 15.2 Å². The van der Waals surface area contributed by atoms with E-state index in [0.717, 1.165) is 16.8 Å². The third-order valence-electron chi connectivity index (χ3n) is 5.80. The minimum Gasteiger partial charge on any atom is -0.495 e. The quantitative estimate of drug-likeness (QED) is 0.542. The summed E-state index contributed by atoms with van der Waals surface area (Å²) < 4.78 is 38.1. The van der Waals surface area contributed by atoms with Gasteiger partial charge in [0.05, 0.1) is 19.1 Å². The Morgan fingerprint density at radius 3 is 2.63 bits per heavy atom. The number of carbonyl (C=O) groups is 1. The monoisotopic (exact) mass is 502 g/mol.